The van der Waals surface area contributed by atoms with E-state index in [0.29, 0.717) is 11.4 Å². The lowest BCUT2D eigenvalue weighted by molar-refractivity contribution is 0.305. The molecule has 6 N–H and O–H groups in total. The molecule has 7 heteroatoms. The maximum atomic E-state index is 13.0. The minimum atomic E-state index is -0.291. The Morgan fingerprint density at radius 3 is 2.41 bits per heavy atom. The van der Waals surface area contributed by atoms with E-state index in [2.05, 4.69) is 9.98 Å². The first-order valence-corrected chi connectivity index (χ1v) is 6.44. The molecule has 0 radical (unpaired) electrons. The fraction of sp³-hybridized carbons (Fsp3) is 0.0667. The quantitative estimate of drug-likeness (QED) is 0.588. The zero-order valence-electron chi connectivity index (χ0n) is 11.7. The number of halogens is 1. The van der Waals surface area contributed by atoms with Gasteiger partial charge in [0.25, 0.3) is 0 Å². The van der Waals surface area contributed by atoms with Crippen LogP contribution in [0.1, 0.15) is 5.56 Å². The van der Waals surface area contributed by atoms with Crippen LogP contribution in [0.15, 0.2) is 58.5 Å². The summed E-state index contributed by atoms with van der Waals surface area (Å²) >= 11 is 0. The molecule has 0 aliphatic rings. The van der Waals surface area contributed by atoms with E-state index in [9.17, 15) is 4.39 Å². The maximum Gasteiger partial charge on any atom is 0.223 e. The van der Waals surface area contributed by atoms with Crippen molar-refractivity contribution >= 4 is 17.6 Å². The van der Waals surface area contributed by atoms with Crippen molar-refractivity contribution < 1.29 is 9.13 Å². The van der Waals surface area contributed by atoms with E-state index in [1.807, 2.05) is 0 Å². The van der Waals surface area contributed by atoms with Crippen LogP contribution in [-0.4, -0.2) is 11.9 Å². The summed E-state index contributed by atoms with van der Waals surface area (Å²) in [5.74, 6) is 0.148. The molecule has 0 aliphatic carbocycles. The number of guanidine groups is 2. The predicted octanol–water partition coefficient (Wildman–Crippen LogP) is 1.62. The number of aliphatic imine (C=N–C) groups is 2. The van der Waals surface area contributed by atoms with Crippen molar-refractivity contribution in [1.29, 1.82) is 0 Å². The minimum absolute atomic E-state index is 0.0339. The highest BCUT2D eigenvalue weighted by Crippen LogP contribution is 2.19. The number of ether oxygens (including phenoxy) is 1. The van der Waals surface area contributed by atoms with Crippen LogP contribution in [0.3, 0.4) is 0 Å². The number of hydrogen-bond donors (Lipinski definition) is 3. The summed E-state index contributed by atoms with van der Waals surface area (Å²) in [5, 5.41) is 0. The van der Waals surface area contributed by atoms with Gasteiger partial charge in [-0.1, -0.05) is 12.1 Å². The van der Waals surface area contributed by atoms with E-state index in [0.717, 1.165) is 5.56 Å². The van der Waals surface area contributed by atoms with Crippen molar-refractivity contribution in [1.82, 2.24) is 0 Å². The summed E-state index contributed by atoms with van der Waals surface area (Å²) < 4.78 is 18.6. The monoisotopic (exact) mass is 301 g/mol. The van der Waals surface area contributed by atoms with Crippen LogP contribution in [0.25, 0.3) is 0 Å². The molecule has 0 aromatic heterocycles. The number of rotatable bonds is 4. The molecule has 0 heterocycles. The Bertz CT molecular complexity index is 693. The number of nitrogens with zero attached hydrogens (tertiary/aromatic N) is 2. The predicted molar refractivity (Wildman–Crippen MR) is 84.3 cm³/mol. The van der Waals surface area contributed by atoms with E-state index >= 15 is 0 Å². The Hall–Kier alpha value is -3.09. The normalized spacial score (nSPS) is 11.0. The zero-order valence-corrected chi connectivity index (χ0v) is 11.7. The van der Waals surface area contributed by atoms with Crippen molar-refractivity contribution in [2.75, 3.05) is 0 Å². The summed E-state index contributed by atoms with van der Waals surface area (Å²) in [7, 11) is 0. The summed E-state index contributed by atoms with van der Waals surface area (Å²) in [4.78, 5) is 7.62. The lowest BCUT2D eigenvalue weighted by atomic mass is 10.2. The molecule has 0 fully saturated rings. The van der Waals surface area contributed by atoms with Crippen LogP contribution in [0, 0.1) is 5.82 Å². The molecule has 0 spiro atoms. The van der Waals surface area contributed by atoms with E-state index < -0.39 is 0 Å². The van der Waals surface area contributed by atoms with Gasteiger partial charge < -0.3 is 21.9 Å². The van der Waals surface area contributed by atoms with Crippen molar-refractivity contribution in [3.05, 3.63) is 59.9 Å². The third-order valence-electron chi connectivity index (χ3n) is 2.62. The van der Waals surface area contributed by atoms with E-state index in [-0.39, 0.29) is 24.3 Å². The maximum absolute atomic E-state index is 13.0. The van der Waals surface area contributed by atoms with Crippen LogP contribution < -0.4 is 21.9 Å². The number of hydrogen-bond acceptors (Lipinski definition) is 2. The van der Waals surface area contributed by atoms with Crippen LogP contribution in [0.4, 0.5) is 10.1 Å². The largest absolute Gasteiger partial charge is 0.489 e. The third-order valence-corrected chi connectivity index (χ3v) is 2.62. The topological polar surface area (TPSA) is 112 Å². The first-order valence-electron chi connectivity index (χ1n) is 6.44. The van der Waals surface area contributed by atoms with E-state index in [1.165, 1.54) is 12.1 Å². The molecule has 22 heavy (non-hydrogen) atoms. The Balaban J connectivity index is 1.99. The summed E-state index contributed by atoms with van der Waals surface area (Å²) in [5.41, 5.74) is 17.3. The highest BCUT2D eigenvalue weighted by molar-refractivity contribution is 5.93. The van der Waals surface area contributed by atoms with Crippen molar-refractivity contribution in [2.24, 2.45) is 27.2 Å². The SMILES string of the molecule is NC(N)=NC(N)=Nc1ccc(OCc2cccc(F)c2)cc1. The van der Waals surface area contributed by atoms with Gasteiger partial charge in [-0.05, 0) is 42.0 Å². The van der Waals surface area contributed by atoms with Gasteiger partial charge in [-0.15, -0.1) is 0 Å². The van der Waals surface area contributed by atoms with Gasteiger partial charge in [0.2, 0.25) is 5.96 Å². The molecule has 0 atom stereocenters. The standard InChI is InChI=1S/C15H16FN5O/c16-11-3-1-2-10(8-11)9-22-13-6-4-12(5-7-13)20-15(19)21-14(17)18/h1-8H,9H2,(H6,17,18,19,20,21). The second-order valence-electron chi connectivity index (χ2n) is 4.42. The molecule has 2 aromatic carbocycles. The highest BCUT2D eigenvalue weighted by atomic mass is 19.1. The average molecular weight is 301 g/mol. The van der Waals surface area contributed by atoms with Crippen molar-refractivity contribution in [3.63, 3.8) is 0 Å². The molecular weight excluding hydrogens is 285 g/mol. The minimum Gasteiger partial charge on any atom is -0.489 e. The second-order valence-corrected chi connectivity index (χ2v) is 4.42. The Morgan fingerprint density at radius 1 is 1.05 bits per heavy atom. The Morgan fingerprint density at radius 2 is 1.77 bits per heavy atom. The van der Waals surface area contributed by atoms with Gasteiger partial charge >= 0.3 is 0 Å². The average Bonchev–Trinajstić information content (AvgIpc) is 2.46. The molecule has 114 valence electrons. The second kappa shape index (κ2) is 7.07. The molecule has 0 saturated carbocycles. The van der Waals surface area contributed by atoms with E-state index in [1.54, 1.807) is 36.4 Å². The van der Waals surface area contributed by atoms with Crippen molar-refractivity contribution in [2.45, 2.75) is 6.61 Å². The van der Waals surface area contributed by atoms with Gasteiger partial charge in [-0.25, -0.2) is 9.38 Å². The van der Waals surface area contributed by atoms with Gasteiger partial charge in [0.05, 0.1) is 5.69 Å². The molecule has 0 unspecified atom stereocenters. The Kier molecular flexibility index (Phi) is 4.92. The summed E-state index contributed by atoms with van der Waals surface area (Å²) in [6, 6.07) is 13.1. The fourth-order valence-electron chi connectivity index (χ4n) is 1.70. The lowest BCUT2D eigenvalue weighted by Crippen LogP contribution is -2.26. The van der Waals surface area contributed by atoms with Crippen molar-refractivity contribution in [3.8, 4) is 5.75 Å². The van der Waals surface area contributed by atoms with E-state index in [4.69, 9.17) is 21.9 Å². The molecule has 0 aliphatic heterocycles. The lowest BCUT2D eigenvalue weighted by Gasteiger charge is -2.06. The third kappa shape index (κ3) is 4.78. The number of nitrogens with two attached hydrogens (primary N) is 3. The van der Waals surface area contributed by atoms with Gasteiger partial charge in [0.15, 0.2) is 5.96 Å². The van der Waals surface area contributed by atoms with Gasteiger partial charge in [0, 0.05) is 0 Å². The molecule has 6 nitrogen and oxygen atoms in total. The highest BCUT2D eigenvalue weighted by Gasteiger charge is 1.99. The zero-order chi connectivity index (χ0) is 15.9. The van der Waals surface area contributed by atoms with Crippen LogP contribution in [0.2, 0.25) is 0 Å². The van der Waals surface area contributed by atoms with Crippen LogP contribution in [0.5, 0.6) is 5.75 Å². The molecule has 2 aromatic rings. The van der Waals surface area contributed by atoms with Gasteiger partial charge in [-0.2, -0.15) is 4.99 Å². The fourth-order valence-corrected chi connectivity index (χ4v) is 1.70. The summed E-state index contributed by atoms with van der Waals surface area (Å²) in [6.45, 7) is 0.274. The van der Waals surface area contributed by atoms with Crippen LogP contribution in [-0.2, 0) is 6.61 Å². The first-order chi connectivity index (χ1) is 10.5. The van der Waals surface area contributed by atoms with Gasteiger partial charge in [0.1, 0.15) is 18.2 Å². The van der Waals surface area contributed by atoms with Crippen LogP contribution >= 0.6 is 0 Å². The Labute approximate surface area is 127 Å². The molecular formula is C15H16FN5O. The van der Waals surface area contributed by atoms with Gasteiger partial charge in [-0.3, -0.25) is 0 Å². The molecule has 0 bridgehead atoms. The molecule has 0 saturated heterocycles. The number of benzene rings is 2. The first kappa shape index (κ1) is 15.3. The molecule has 2 rings (SSSR count). The smallest absolute Gasteiger partial charge is 0.223 e. The molecule has 0 amide bonds. The summed E-state index contributed by atoms with van der Waals surface area (Å²) in [6.07, 6.45) is 0.